The second-order valence-corrected chi connectivity index (χ2v) is 5.01. The van der Waals surface area contributed by atoms with Gasteiger partial charge in [0.25, 0.3) is 0 Å². The summed E-state index contributed by atoms with van der Waals surface area (Å²) < 4.78 is 0. The Morgan fingerprint density at radius 3 is 2.45 bits per heavy atom. The van der Waals surface area contributed by atoms with Crippen LogP contribution in [0.3, 0.4) is 0 Å². The summed E-state index contributed by atoms with van der Waals surface area (Å²) in [5.41, 5.74) is 3.43. The van der Waals surface area contributed by atoms with E-state index in [1.807, 2.05) is 6.20 Å². The predicted molar refractivity (Wildman–Crippen MR) is 84.1 cm³/mol. The van der Waals surface area contributed by atoms with Gasteiger partial charge >= 0.3 is 0 Å². The molecule has 0 spiro atoms. The summed E-state index contributed by atoms with van der Waals surface area (Å²) in [5, 5.41) is 3.23. The molecule has 1 aromatic heterocycles. The van der Waals surface area contributed by atoms with Crippen molar-refractivity contribution in [1.82, 2.24) is 9.97 Å². The Morgan fingerprint density at radius 2 is 1.85 bits per heavy atom. The Balaban J connectivity index is 1.97. The van der Waals surface area contributed by atoms with Gasteiger partial charge in [0.1, 0.15) is 5.82 Å². The van der Waals surface area contributed by atoms with Crippen molar-refractivity contribution in [3.8, 4) is 0 Å². The average molecular weight is 270 g/mol. The Labute approximate surface area is 120 Å². The van der Waals surface area contributed by atoms with Crippen molar-refractivity contribution in [2.24, 2.45) is 0 Å². The first-order chi connectivity index (χ1) is 9.69. The van der Waals surface area contributed by atoms with Crippen LogP contribution in [0.4, 0.5) is 11.5 Å². The summed E-state index contributed by atoms with van der Waals surface area (Å²) >= 11 is 0. The van der Waals surface area contributed by atoms with Gasteiger partial charge in [-0.05, 0) is 25.5 Å². The van der Waals surface area contributed by atoms with Crippen molar-refractivity contribution in [2.75, 3.05) is 23.8 Å². The summed E-state index contributed by atoms with van der Waals surface area (Å²) in [4.78, 5) is 11.0. The van der Waals surface area contributed by atoms with Gasteiger partial charge in [-0.3, -0.25) is 4.98 Å². The van der Waals surface area contributed by atoms with Crippen LogP contribution >= 0.6 is 0 Å². The van der Waals surface area contributed by atoms with Crippen LogP contribution in [0.2, 0.25) is 0 Å². The Bertz CT molecular complexity index is 519. The molecule has 0 saturated carbocycles. The lowest BCUT2D eigenvalue weighted by Gasteiger charge is -2.19. The molecule has 2 aromatic rings. The van der Waals surface area contributed by atoms with E-state index in [0.717, 1.165) is 31.0 Å². The molecule has 4 nitrogen and oxygen atoms in total. The van der Waals surface area contributed by atoms with Crippen LogP contribution in [-0.4, -0.2) is 23.6 Å². The lowest BCUT2D eigenvalue weighted by molar-refractivity contribution is 0.870. The van der Waals surface area contributed by atoms with Crippen LogP contribution in [0.25, 0.3) is 0 Å². The summed E-state index contributed by atoms with van der Waals surface area (Å²) in [5.74, 6) is 0.841. The van der Waals surface area contributed by atoms with Crippen molar-refractivity contribution >= 4 is 11.5 Å². The van der Waals surface area contributed by atoms with Crippen LogP contribution < -0.4 is 10.2 Å². The topological polar surface area (TPSA) is 41.1 Å². The number of nitrogens with zero attached hydrogens (tertiary/aromatic N) is 3. The maximum absolute atomic E-state index is 4.45. The molecule has 0 radical (unpaired) electrons. The van der Waals surface area contributed by atoms with Crippen LogP contribution in [0.15, 0.2) is 36.7 Å². The van der Waals surface area contributed by atoms with Crippen LogP contribution in [-0.2, 0) is 6.54 Å². The number of aromatic nitrogens is 2. The smallest absolute Gasteiger partial charge is 0.144 e. The molecule has 0 aliphatic rings. The first kappa shape index (κ1) is 14.3. The molecule has 4 heteroatoms. The van der Waals surface area contributed by atoms with Gasteiger partial charge < -0.3 is 10.2 Å². The fourth-order valence-corrected chi connectivity index (χ4v) is 1.91. The van der Waals surface area contributed by atoms with Gasteiger partial charge in [-0.25, -0.2) is 4.98 Å². The van der Waals surface area contributed by atoms with E-state index in [2.05, 4.69) is 65.3 Å². The molecule has 0 aliphatic heterocycles. The van der Waals surface area contributed by atoms with Gasteiger partial charge in [0.05, 0.1) is 24.6 Å². The Morgan fingerprint density at radius 1 is 1.10 bits per heavy atom. The van der Waals surface area contributed by atoms with E-state index >= 15 is 0 Å². The fourth-order valence-electron chi connectivity index (χ4n) is 1.91. The third-order valence-electron chi connectivity index (χ3n) is 3.14. The van der Waals surface area contributed by atoms with Crippen molar-refractivity contribution < 1.29 is 0 Å². The highest BCUT2D eigenvalue weighted by atomic mass is 15.1. The third-order valence-corrected chi connectivity index (χ3v) is 3.14. The molecule has 106 valence electrons. The van der Waals surface area contributed by atoms with E-state index in [4.69, 9.17) is 0 Å². The number of hydrogen-bond acceptors (Lipinski definition) is 4. The lowest BCUT2D eigenvalue weighted by Crippen LogP contribution is -2.17. The van der Waals surface area contributed by atoms with Crippen molar-refractivity contribution in [1.29, 1.82) is 0 Å². The van der Waals surface area contributed by atoms with Gasteiger partial charge in [-0.1, -0.05) is 24.6 Å². The highest BCUT2D eigenvalue weighted by molar-refractivity contribution is 5.47. The van der Waals surface area contributed by atoms with E-state index in [0.29, 0.717) is 0 Å². The van der Waals surface area contributed by atoms with Crippen molar-refractivity contribution in [3.63, 3.8) is 0 Å². The number of rotatable bonds is 6. The quantitative estimate of drug-likeness (QED) is 0.875. The average Bonchev–Trinajstić information content (AvgIpc) is 2.47. The molecule has 0 saturated heterocycles. The van der Waals surface area contributed by atoms with E-state index in [-0.39, 0.29) is 0 Å². The molecule has 2 rings (SSSR count). The summed E-state index contributed by atoms with van der Waals surface area (Å²) in [6.07, 6.45) is 4.72. The fraction of sp³-hybridized carbons (Fsp3) is 0.375. The Kier molecular flexibility index (Phi) is 4.93. The number of anilines is 2. The summed E-state index contributed by atoms with van der Waals surface area (Å²) in [6.45, 7) is 5.91. The molecule has 0 bridgehead atoms. The zero-order chi connectivity index (χ0) is 14.4. The first-order valence-corrected chi connectivity index (χ1v) is 7.01. The number of nitrogens with one attached hydrogen (secondary N) is 1. The van der Waals surface area contributed by atoms with Crippen LogP contribution in [0, 0.1) is 6.92 Å². The molecule has 1 aromatic carbocycles. The summed E-state index contributed by atoms with van der Waals surface area (Å²) in [7, 11) is 2.07. The monoisotopic (exact) mass is 270 g/mol. The zero-order valence-corrected chi connectivity index (χ0v) is 12.4. The SMILES string of the molecule is CCCNc1cnc(CN(C)c2ccc(C)cc2)cn1. The highest BCUT2D eigenvalue weighted by Gasteiger charge is 2.03. The first-order valence-electron chi connectivity index (χ1n) is 7.01. The number of aryl methyl sites for hydroxylation is 1. The van der Waals surface area contributed by atoms with Gasteiger partial charge in [-0.15, -0.1) is 0 Å². The molecule has 0 atom stereocenters. The minimum absolute atomic E-state index is 0.754. The van der Waals surface area contributed by atoms with E-state index in [1.165, 1.54) is 11.3 Å². The molecule has 0 amide bonds. The highest BCUT2D eigenvalue weighted by Crippen LogP contribution is 2.15. The third kappa shape index (κ3) is 3.95. The van der Waals surface area contributed by atoms with E-state index < -0.39 is 0 Å². The molecular formula is C16H22N4. The number of hydrogen-bond donors (Lipinski definition) is 1. The largest absolute Gasteiger partial charge is 0.369 e. The normalized spacial score (nSPS) is 10.3. The van der Waals surface area contributed by atoms with Gasteiger partial charge in [0, 0.05) is 19.3 Å². The molecule has 20 heavy (non-hydrogen) atoms. The second-order valence-electron chi connectivity index (χ2n) is 5.01. The molecule has 0 aliphatic carbocycles. The molecular weight excluding hydrogens is 248 g/mol. The molecule has 0 fully saturated rings. The van der Waals surface area contributed by atoms with Gasteiger partial charge in [-0.2, -0.15) is 0 Å². The molecule has 1 N–H and O–H groups in total. The minimum atomic E-state index is 0.754. The maximum Gasteiger partial charge on any atom is 0.144 e. The van der Waals surface area contributed by atoms with Crippen molar-refractivity contribution in [3.05, 3.63) is 47.9 Å². The summed E-state index contributed by atoms with van der Waals surface area (Å²) in [6, 6.07) is 8.49. The lowest BCUT2D eigenvalue weighted by atomic mass is 10.2. The van der Waals surface area contributed by atoms with Crippen LogP contribution in [0.1, 0.15) is 24.6 Å². The van der Waals surface area contributed by atoms with Crippen LogP contribution in [0.5, 0.6) is 0 Å². The van der Waals surface area contributed by atoms with E-state index in [1.54, 1.807) is 6.20 Å². The van der Waals surface area contributed by atoms with Gasteiger partial charge in [0.15, 0.2) is 0 Å². The maximum atomic E-state index is 4.45. The minimum Gasteiger partial charge on any atom is -0.369 e. The zero-order valence-electron chi connectivity index (χ0n) is 12.4. The molecule has 1 heterocycles. The van der Waals surface area contributed by atoms with Crippen molar-refractivity contribution in [2.45, 2.75) is 26.8 Å². The second kappa shape index (κ2) is 6.89. The van der Waals surface area contributed by atoms with Gasteiger partial charge in [0.2, 0.25) is 0 Å². The standard InChI is InChI=1S/C16H22N4/c1-4-9-17-16-11-18-14(10-19-16)12-20(3)15-7-5-13(2)6-8-15/h5-8,10-11H,4,9,12H2,1-3H3,(H,17,19). The van der Waals surface area contributed by atoms with E-state index in [9.17, 15) is 0 Å². The predicted octanol–water partition coefficient (Wildman–Crippen LogP) is 3.24. The number of benzene rings is 1. The molecule has 0 unspecified atom stereocenters. The Hall–Kier alpha value is -2.10.